The number of carbonyl (C=O) groups excluding carboxylic acids is 1. The number of thiophene rings is 1. The minimum Gasteiger partial charge on any atom is -0.381 e. The van der Waals surface area contributed by atoms with Crippen molar-refractivity contribution < 1.29 is 9.53 Å². The number of carbonyl (C=O) groups is 1. The number of fused-ring (bicyclic) bond motifs is 1. The van der Waals surface area contributed by atoms with E-state index in [9.17, 15) is 4.79 Å². The van der Waals surface area contributed by atoms with E-state index in [1.165, 1.54) is 10.4 Å². The second-order valence-corrected chi connectivity index (χ2v) is 7.41. The van der Waals surface area contributed by atoms with Gasteiger partial charge in [0.25, 0.3) is 0 Å². The third kappa shape index (κ3) is 2.60. The SMILES string of the molecule is O=C(N1CCc2sccc2C1)C1(c2ccccc2)CCOCC1. The molecule has 0 saturated carbocycles. The molecule has 1 saturated heterocycles. The largest absolute Gasteiger partial charge is 0.381 e. The Morgan fingerprint density at radius 3 is 2.70 bits per heavy atom. The molecular formula is C19H21NO2S. The predicted molar refractivity (Wildman–Crippen MR) is 91.6 cm³/mol. The fraction of sp³-hybridized carbons (Fsp3) is 0.421. The van der Waals surface area contributed by atoms with Gasteiger partial charge in [-0.1, -0.05) is 30.3 Å². The average molecular weight is 327 g/mol. The van der Waals surface area contributed by atoms with Gasteiger partial charge in [-0.25, -0.2) is 0 Å². The molecule has 2 aliphatic heterocycles. The maximum Gasteiger partial charge on any atom is 0.233 e. The Kier molecular flexibility index (Phi) is 3.95. The Bertz CT molecular complexity index is 688. The van der Waals surface area contributed by atoms with Crippen LogP contribution in [-0.2, 0) is 27.9 Å². The molecule has 1 aromatic carbocycles. The van der Waals surface area contributed by atoms with Gasteiger partial charge in [-0.15, -0.1) is 11.3 Å². The van der Waals surface area contributed by atoms with E-state index in [-0.39, 0.29) is 5.91 Å². The highest BCUT2D eigenvalue weighted by atomic mass is 32.1. The summed E-state index contributed by atoms with van der Waals surface area (Å²) in [7, 11) is 0. The molecule has 4 heteroatoms. The maximum atomic E-state index is 13.5. The zero-order valence-electron chi connectivity index (χ0n) is 13.2. The van der Waals surface area contributed by atoms with Crippen molar-refractivity contribution >= 4 is 17.2 Å². The first kappa shape index (κ1) is 14.9. The summed E-state index contributed by atoms with van der Waals surface area (Å²) in [6.45, 7) is 2.92. The molecule has 4 rings (SSSR count). The smallest absolute Gasteiger partial charge is 0.233 e. The van der Waals surface area contributed by atoms with Gasteiger partial charge in [-0.3, -0.25) is 4.79 Å². The lowest BCUT2D eigenvalue weighted by Gasteiger charge is -2.41. The van der Waals surface area contributed by atoms with Gasteiger partial charge in [-0.2, -0.15) is 0 Å². The summed E-state index contributed by atoms with van der Waals surface area (Å²) < 4.78 is 5.56. The quantitative estimate of drug-likeness (QED) is 0.846. The van der Waals surface area contributed by atoms with E-state index in [1.54, 1.807) is 0 Å². The number of benzene rings is 1. The van der Waals surface area contributed by atoms with E-state index in [1.807, 2.05) is 29.5 Å². The van der Waals surface area contributed by atoms with Gasteiger partial charge < -0.3 is 9.64 Å². The first-order valence-corrected chi connectivity index (χ1v) is 9.15. The summed E-state index contributed by atoms with van der Waals surface area (Å²) in [6.07, 6.45) is 2.55. The minimum absolute atomic E-state index is 0.281. The van der Waals surface area contributed by atoms with Gasteiger partial charge in [0.1, 0.15) is 0 Å². The molecule has 0 N–H and O–H groups in total. The molecule has 3 heterocycles. The topological polar surface area (TPSA) is 29.5 Å². The summed E-state index contributed by atoms with van der Waals surface area (Å²) >= 11 is 1.81. The molecule has 0 unspecified atom stereocenters. The standard InChI is InChI=1S/C19H21NO2S/c21-18(20-10-6-17-15(14-20)7-13-23-17)19(8-11-22-12-9-19)16-4-2-1-3-5-16/h1-5,7,13H,6,8-12,14H2. The van der Waals surface area contributed by atoms with Crippen molar-refractivity contribution in [2.45, 2.75) is 31.2 Å². The van der Waals surface area contributed by atoms with Gasteiger partial charge in [-0.05, 0) is 41.8 Å². The number of nitrogens with zero attached hydrogens (tertiary/aromatic N) is 1. The molecule has 0 spiro atoms. The highest BCUT2D eigenvalue weighted by Gasteiger charge is 2.44. The van der Waals surface area contributed by atoms with E-state index < -0.39 is 5.41 Å². The zero-order valence-corrected chi connectivity index (χ0v) is 14.0. The van der Waals surface area contributed by atoms with Crippen LogP contribution in [0.25, 0.3) is 0 Å². The predicted octanol–water partition coefficient (Wildman–Crippen LogP) is 3.38. The van der Waals surface area contributed by atoms with Crippen LogP contribution in [0.3, 0.4) is 0 Å². The first-order valence-electron chi connectivity index (χ1n) is 8.27. The molecule has 0 bridgehead atoms. The Labute approximate surface area is 140 Å². The van der Waals surface area contributed by atoms with Crippen molar-refractivity contribution in [1.82, 2.24) is 4.90 Å². The van der Waals surface area contributed by atoms with Gasteiger partial charge in [0.15, 0.2) is 0 Å². The summed E-state index contributed by atoms with van der Waals surface area (Å²) in [5.74, 6) is 0.281. The van der Waals surface area contributed by atoms with Crippen LogP contribution in [0.15, 0.2) is 41.8 Å². The molecule has 1 aromatic heterocycles. The zero-order chi connectivity index (χ0) is 15.7. The number of ether oxygens (including phenoxy) is 1. The molecule has 23 heavy (non-hydrogen) atoms. The van der Waals surface area contributed by atoms with Gasteiger partial charge in [0.2, 0.25) is 5.91 Å². The highest BCUT2D eigenvalue weighted by molar-refractivity contribution is 7.10. The summed E-state index contributed by atoms with van der Waals surface area (Å²) in [4.78, 5) is 17.0. The van der Waals surface area contributed by atoms with Crippen LogP contribution in [0.5, 0.6) is 0 Å². The van der Waals surface area contributed by atoms with E-state index >= 15 is 0 Å². The van der Waals surface area contributed by atoms with Crippen LogP contribution in [0.4, 0.5) is 0 Å². The molecular weight excluding hydrogens is 306 g/mol. The van der Waals surface area contributed by atoms with Crippen LogP contribution in [-0.4, -0.2) is 30.6 Å². The van der Waals surface area contributed by atoms with Crippen molar-refractivity contribution in [3.8, 4) is 0 Å². The minimum atomic E-state index is -0.410. The van der Waals surface area contributed by atoms with Crippen molar-refractivity contribution in [2.75, 3.05) is 19.8 Å². The number of amides is 1. The molecule has 0 aliphatic carbocycles. The first-order chi connectivity index (χ1) is 11.3. The Morgan fingerprint density at radius 2 is 1.91 bits per heavy atom. The second kappa shape index (κ2) is 6.10. The second-order valence-electron chi connectivity index (χ2n) is 6.41. The Balaban J connectivity index is 1.66. The number of hydrogen-bond acceptors (Lipinski definition) is 3. The molecule has 0 radical (unpaired) electrons. The van der Waals surface area contributed by atoms with E-state index in [2.05, 4.69) is 28.5 Å². The molecule has 2 aliphatic rings. The maximum absolute atomic E-state index is 13.5. The van der Waals surface area contributed by atoms with Gasteiger partial charge in [0.05, 0.1) is 5.41 Å². The number of hydrogen-bond donors (Lipinski definition) is 0. The normalized spacial score (nSPS) is 20.1. The third-order valence-electron chi connectivity index (χ3n) is 5.18. The van der Waals surface area contributed by atoms with Crippen molar-refractivity contribution in [3.63, 3.8) is 0 Å². The molecule has 1 fully saturated rings. The highest BCUT2D eigenvalue weighted by Crippen LogP contribution is 2.38. The average Bonchev–Trinajstić information content (AvgIpc) is 3.10. The van der Waals surface area contributed by atoms with Crippen molar-refractivity contribution in [3.05, 3.63) is 57.8 Å². The Hall–Kier alpha value is -1.65. The van der Waals surface area contributed by atoms with Gasteiger partial charge >= 0.3 is 0 Å². The molecule has 2 aromatic rings. The lowest BCUT2D eigenvalue weighted by Crippen LogP contribution is -2.51. The van der Waals surface area contributed by atoms with Crippen LogP contribution >= 0.6 is 11.3 Å². The summed E-state index contributed by atoms with van der Waals surface area (Å²) in [5.41, 5.74) is 2.06. The number of rotatable bonds is 2. The monoisotopic (exact) mass is 327 g/mol. The summed E-state index contributed by atoms with van der Waals surface area (Å²) in [5, 5.41) is 2.14. The van der Waals surface area contributed by atoms with Gasteiger partial charge in [0, 0.05) is 31.2 Å². The molecule has 1 amide bonds. The van der Waals surface area contributed by atoms with Crippen LogP contribution in [0.1, 0.15) is 28.8 Å². The van der Waals surface area contributed by atoms with E-state index in [0.717, 1.165) is 37.9 Å². The van der Waals surface area contributed by atoms with Crippen molar-refractivity contribution in [2.24, 2.45) is 0 Å². The fourth-order valence-corrected chi connectivity index (χ4v) is 4.72. The van der Waals surface area contributed by atoms with Crippen LogP contribution < -0.4 is 0 Å². The van der Waals surface area contributed by atoms with E-state index in [4.69, 9.17) is 4.74 Å². The fourth-order valence-electron chi connectivity index (χ4n) is 3.83. The molecule has 3 nitrogen and oxygen atoms in total. The Morgan fingerprint density at radius 1 is 1.13 bits per heavy atom. The van der Waals surface area contributed by atoms with E-state index in [0.29, 0.717) is 13.2 Å². The molecule has 120 valence electrons. The van der Waals surface area contributed by atoms with Crippen LogP contribution in [0.2, 0.25) is 0 Å². The van der Waals surface area contributed by atoms with Crippen LogP contribution in [0, 0.1) is 0 Å². The third-order valence-corrected chi connectivity index (χ3v) is 6.20. The summed E-state index contributed by atoms with van der Waals surface area (Å²) in [6, 6.07) is 12.4. The lowest BCUT2D eigenvalue weighted by molar-refractivity contribution is -0.142. The lowest BCUT2D eigenvalue weighted by atomic mass is 9.72. The molecule has 0 atom stereocenters. The van der Waals surface area contributed by atoms with Crippen molar-refractivity contribution in [1.29, 1.82) is 0 Å².